The lowest BCUT2D eigenvalue weighted by atomic mass is 9.80. The zero-order chi connectivity index (χ0) is 16.4. The monoisotopic (exact) mass is 326 g/mol. The number of esters is 1. The Morgan fingerprint density at radius 3 is 2.00 bits per heavy atom. The Morgan fingerprint density at radius 1 is 1.25 bits per heavy atom. The minimum atomic E-state index is -4.60. The smallest absolute Gasteiger partial charge is 0.327 e. The van der Waals surface area contributed by atoms with Gasteiger partial charge >= 0.3 is 5.97 Å². The van der Waals surface area contributed by atoms with Crippen LogP contribution in [0.2, 0.25) is 0 Å². The number of carbonyl (C=O) groups is 2. The third-order valence-electron chi connectivity index (χ3n) is 2.72. The van der Waals surface area contributed by atoms with Gasteiger partial charge in [-0.25, -0.2) is 0 Å². The van der Waals surface area contributed by atoms with E-state index in [1.165, 1.54) is 6.92 Å². The predicted molar refractivity (Wildman–Crippen MR) is 78.1 cm³/mol. The van der Waals surface area contributed by atoms with Gasteiger partial charge in [-0.1, -0.05) is 39.5 Å². The number of methoxy groups -OCH3 is 1. The molecule has 0 saturated heterocycles. The second-order valence-electron chi connectivity index (χ2n) is 5.94. The summed E-state index contributed by atoms with van der Waals surface area (Å²) >= 11 is 1.06. The lowest BCUT2D eigenvalue weighted by Crippen LogP contribution is -2.46. The highest BCUT2D eigenvalue weighted by Crippen LogP contribution is 2.41. The van der Waals surface area contributed by atoms with Crippen molar-refractivity contribution in [3.63, 3.8) is 0 Å². The van der Waals surface area contributed by atoms with E-state index in [0.717, 1.165) is 18.9 Å². The molecule has 6 nitrogen and oxygen atoms in total. The summed E-state index contributed by atoms with van der Waals surface area (Å²) in [6.07, 6.45) is 0.226. The van der Waals surface area contributed by atoms with Gasteiger partial charge in [-0.15, -0.1) is 0 Å². The molecule has 0 saturated carbocycles. The van der Waals surface area contributed by atoms with Crippen molar-refractivity contribution in [3.05, 3.63) is 0 Å². The number of rotatable bonds is 6. The number of carbonyl (C=O) groups excluding carboxylic acids is 2. The first kappa shape index (κ1) is 19.4. The third-order valence-corrected chi connectivity index (χ3v) is 5.13. The van der Waals surface area contributed by atoms with Gasteiger partial charge in [-0.3, -0.25) is 14.1 Å². The summed E-state index contributed by atoms with van der Waals surface area (Å²) in [5.74, 6) is -1.01. The molecule has 0 aromatic carbocycles. The van der Waals surface area contributed by atoms with E-state index in [1.807, 2.05) is 0 Å². The minimum absolute atomic E-state index is 0.104. The van der Waals surface area contributed by atoms with E-state index in [9.17, 15) is 22.6 Å². The highest BCUT2D eigenvalue weighted by Gasteiger charge is 2.47. The second-order valence-corrected chi connectivity index (χ2v) is 9.32. The largest absolute Gasteiger partial charge is 0.468 e. The second kappa shape index (κ2) is 6.44. The Balaban J connectivity index is 5.46. The molecule has 1 N–H and O–H groups in total. The molecule has 0 heterocycles. The summed E-state index contributed by atoms with van der Waals surface area (Å²) < 4.78 is 36.1. The number of hydrogen-bond donors (Lipinski definition) is 1. The highest BCUT2D eigenvalue weighted by atomic mass is 32.2. The van der Waals surface area contributed by atoms with E-state index >= 15 is 0 Å². The molecule has 0 aromatic heterocycles. The van der Waals surface area contributed by atoms with Gasteiger partial charge in [-0.2, -0.15) is 8.42 Å². The van der Waals surface area contributed by atoms with Gasteiger partial charge in [0.25, 0.3) is 10.1 Å². The van der Waals surface area contributed by atoms with Crippen LogP contribution in [0.3, 0.4) is 0 Å². The van der Waals surface area contributed by atoms with E-state index < -0.39 is 31.5 Å². The zero-order valence-electron chi connectivity index (χ0n) is 12.6. The highest BCUT2D eigenvalue weighted by molar-refractivity contribution is 8.14. The van der Waals surface area contributed by atoms with Crippen LogP contribution in [0.1, 0.15) is 41.0 Å². The van der Waals surface area contributed by atoms with E-state index in [4.69, 9.17) is 0 Å². The quantitative estimate of drug-likeness (QED) is 0.588. The summed E-state index contributed by atoms with van der Waals surface area (Å²) in [6.45, 7) is 8.06. The van der Waals surface area contributed by atoms with Gasteiger partial charge in [0.1, 0.15) is 0 Å². The van der Waals surface area contributed by atoms with Crippen LogP contribution in [0.15, 0.2) is 0 Å². The Morgan fingerprint density at radius 2 is 1.70 bits per heavy atom. The fourth-order valence-electron chi connectivity index (χ4n) is 2.57. The van der Waals surface area contributed by atoms with Crippen LogP contribution in [0.4, 0.5) is 0 Å². The van der Waals surface area contributed by atoms with Gasteiger partial charge in [0, 0.05) is 11.7 Å². The molecule has 0 radical (unpaired) electrons. The Kier molecular flexibility index (Phi) is 6.25. The first-order chi connectivity index (χ1) is 8.73. The van der Waals surface area contributed by atoms with E-state index in [0.29, 0.717) is 0 Å². The van der Waals surface area contributed by atoms with Crippen LogP contribution in [0.25, 0.3) is 0 Å². The fraction of sp³-hybridized carbons (Fsp3) is 0.833. The summed E-state index contributed by atoms with van der Waals surface area (Å²) in [5.41, 5.74) is -1.09. The summed E-state index contributed by atoms with van der Waals surface area (Å²) in [5, 5.41) is -1.79. The van der Waals surface area contributed by atoms with Crippen LogP contribution >= 0.6 is 11.8 Å². The summed E-state index contributed by atoms with van der Waals surface area (Å²) in [7, 11) is -3.54. The predicted octanol–water partition coefficient (Wildman–Crippen LogP) is 1.89. The molecular weight excluding hydrogens is 304 g/mol. The number of ether oxygens (including phenoxy) is 1. The van der Waals surface area contributed by atoms with Crippen LogP contribution in [0.5, 0.6) is 0 Å². The molecule has 0 amide bonds. The maximum Gasteiger partial charge on any atom is 0.327 e. The Labute approximate surface area is 124 Å². The van der Waals surface area contributed by atoms with Gasteiger partial charge in [-0.05, 0) is 11.8 Å². The molecule has 8 heteroatoms. The van der Waals surface area contributed by atoms with Crippen LogP contribution in [0, 0.1) is 5.41 Å². The van der Waals surface area contributed by atoms with E-state index in [2.05, 4.69) is 4.74 Å². The number of thioether (sulfide) groups is 1. The molecule has 0 spiro atoms. The normalized spacial score (nSPS) is 14.8. The van der Waals surface area contributed by atoms with Crippen LogP contribution < -0.4 is 0 Å². The molecule has 0 aromatic rings. The first-order valence-corrected chi connectivity index (χ1v) is 8.28. The molecule has 1 unspecified atom stereocenters. The van der Waals surface area contributed by atoms with E-state index in [1.54, 1.807) is 27.7 Å². The fourth-order valence-corrected chi connectivity index (χ4v) is 5.02. The topological polar surface area (TPSA) is 97.7 Å². The van der Waals surface area contributed by atoms with Crippen molar-refractivity contribution in [2.75, 3.05) is 7.11 Å². The molecule has 118 valence electrons. The van der Waals surface area contributed by atoms with Crippen molar-refractivity contribution in [1.29, 1.82) is 0 Å². The average molecular weight is 326 g/mol. The minimum Gasteiger partial charge on any atom is -0.468 e. The molecule has 0 fully saturated rings. The van der Waals surface area contributed by atoms with Crippen molar-refractivity contribution in [2.24, 2.45) is 5.41 Å². The molecule has 20 heavy (non-hydrogen) atoms. The maximum atomic E-state index is 11.7. The van der Waals surface area contributed by atoms with Gasteiger partial charge < -0.3 is 4.74 Å². The molecule has 0 rings (SSSR count). The Hall–Kier alpha value is -0.600. The van der Waals surface area contributed by atoms with Gasteiger partial charge in [0.15, 0.2) is 10.4 Å². The van der Waals surface area contributed by atoms with Crippen molar-refractivity contribution in [3.8, 4) is 0 Å². The lowest BCUT2D eigenvalue weighted by Gasteiger charge is -2.36. The number of hydrogen-bond acceptors (Lipinski definition) is 6. The molecule has 0 bridgehead atoms. The molecule has 0 aliphatic rings. The molecule has 1 atom stereocenters. The van der Waals surface area contributed by atoms with Crippen LogP contribution in [-0.2, 0) is 24.4 Å². The summed E-state index contributed by atoms with van der Waals surface area (Å²) in [4.78, 5) is 22.9. The molecule has 0 aliphatic heterocycles. The molecule has 0 aliphatic carbocycles. The third kappa shape index (κ3) is 5.80. The van der Waals surface area contributed by atoms with E-state index in [-0.39, 0.29) is 11.5 Å². The Bertz CT molecular complexity index is 478. The first-order valence-electron chi connectivity index (χ1n) is 5.96. The van der Waals surface area contributed by atoms with Crippen molar-refractivity contribution in [1.82, 2.24) is 0 Å². The van der Waals surface area contributed by atoms with Crippen molar-refractivity contribution >= 4 is 33.0 Å². The average Bonchev–Trinajstić information content (AvgIpc) is 2.09. The van der Waals surface area contributed by atoms with Gasteiger partial charge in [0.05, 0.1) is 7.11 Å². The lowest BCUT2D eigenvalue weighted by molar-refractivity contribution is -0.142. The maximum absolute atomic E-state index is 11.7. The zero-order valence-corrected chi connectivity index (χ0v) is 14.2. The van der Waals surface area contributed by atoms with Crippen LogP contribution in [-0.4, -0.2) is 41.2 Å². The SMILES string of the molecule is COC(=O)C(C(C)(C)CC(C)(C)SC(C)=O)S(=O)(=O)O. The van der Waals surface area contributed by atoms with Crippen molar-refractivity contribution < 1.29 is 27.3 Å². The van der Waals surface area contributed by atoms with Crippen molar-refractivity contribution in [2.45, 2.75) is 51.0 Å². The summed E-state index contributed by atoms with van der Waals surface area (Å²) in [6, 6.07) is 0. The van der Waals surface area contributed by atoms with Gasteiger partial charge in [0.2, 0.25) is 0 Å². The standard InChI is InChI=1S/C12H22O6S2/c1-8(13)19-12(4,5)7-11(2,3)9(10(14)18-6)20(15,16)17/h9H,7H2,1-6H3,(H,15,16,17). The molecular formula is C12H22O6S2.